The van der Waals surface area contributed by atoms with E-state index in [1.165, 1.54) is 43.5 Å². The molecule has 0 amide bonds. The number of hydrogen-bond donors (Lipinski definition) is 0. The maximum absolute atomic E-state index is 4.30. The highest BCUT2D eigenvalue weighted by Crippen LogP contribution is 2.31. The standard InChI is InChI=1S/C13H20N2/c1-3-6-15-7-4-5-13(15)12-8-11(2)9-14-10-12/h8-10,13H,3-7H2,1-2H3. The topological polar surface area (TPSA) is 16.1 Å². The summed E-state index contributed by atoms with van der Waals surface area (Å²) in [5.41, 5.74) is 2.68. The lowest BCUT2D eigenvalue weighted by molar-refractivity contribution is 0.257. The third-order valence-corrected chi connectivity index (χ3v) is 3.16. The molecule has 2 rings (SSSR count). The van der Waals surface area contributed by atoms with Crippen molar-refractivity contribution in [3.05, 3.63) is 29.6 Å². The molecule has 0 saturated carbocycles. The fraction of sp³-hybridized carbons (Fsp3) is 0.615. The number of aryl methyl sites for hydroxylation is 1. The maximum Gasteiger partial charge on any atom is 0.0363 e. The van der Waals surface area contributed by atoms with Crippen molar-refractivity contribution in [2.45, 2.75) is 39.2 Å². The average molecular weight is 204 g/mol. The molecule has 1 aromatic rings. The van der Waals surface area contributed by atoms with Crippen LogP contribution in [0.5, 0.6) is 0 Å². The predicted molar refractivity (Wildman–Crippen MR) is 62.8 cm³/mol. The van der Waals surface area contributed by atoms with E-state index < -0.39 is 0 Å². The molecule has 1 unspecified atom stereocenters. The minimum Gasteiger partial charge on any atom is -0.296 e. The van der Waals surface area contributed by atoms with Gasteiger partial charge >= 0.3 is 0 Å². The molecule has 15 heavy (non-hydrogen) atoms. The third-order valence-electron chi connectivity index (χ3n) is 3.16. The molecule has 0 aliphatic carbocycles. The van der Waals surface area contributed by atoms with Crippen molar-refractivity contribution >= 4 is 0 Å². The van der Waals surface area contributed by atoms with Gasteiger partial charge < -0.3 is 0 Å². The van der Waals surface area contributed by atoms with E-state index in [4.69, 9.17) is 0 Å². The van der Waals surface area contributed by atoms with Crippen molar-refractivity contribution in [3.63, 3.8) is 0 Å². The minimum atomic E-state index is 0.623. The second-order valence-electron chi connectivity index (χ2n) is 4.49. The van der Waals surface area contributed by atoms with Gasteiger partial charge in [0.15, 0.2) is 0 Å². The quantitative estimate of drug-likeness (QED) is 0.752. The number of likely N-dealkylation sites (tertiary alicyclic amines) is 1. The van der Waals surface area contributed by atoms with E-state index >= 15 is 0 Å². The lowest BCUT2D eigenvalue weighted by Gasteiger charge is -2.24. The van der Waals surface area contributed by atoms with Crippen LogP contribution in [0.3, 0.4) is 0 Å². The molecule has 2 nitrogen and oxygen atoms in total. The monoisotopic (exact) mass is 204 g/mol. The van der Waals surface area contributed by atoms with Gasteiger partial charge in [0.2, 0.25) is 0 Å². The van der Waals surface area contributed by atoms with E-state index in [1.54, 1.807) is 0 Å². The smallest absolute Gasteiger partial charge is 0.0363 e. The second-order valence-corrected chi connectivity index (χ2v) is 4.49. The van der Waals surface area contributed by atoms with Gasteiger partial charge in [-0.15, -0.1) is 0 Å². The van der Waals surface area contributed by atoms with Crippen LogP contribution in [0.15, 0.2) is 18.5 Å². The molecule has 0 N–H and O–H groups in total. The molecule has 0 radical (unpaired) electrons. The fourth-order valence-electron chi connectivity index (χ4n) is 2.52. The first kappa shape index (κ1) is 10.6. The van der Waals surface area contributed by atoms with E-state index in [0.29, 0.717) is 6.04 Å². The van der Waals surface area contributed by atoms with Crippen LogP contribution >= 0.6 is 0 Å². The van der Waals surface area contributed by atoms with Crippen molar-refractivity contribution in [2.24, 2.45) is 0 Å². The van der Waals surface area contributed by atoms with Crippen LogP contribution in [0.1, 0.15) is 43.4 Å². The Labute approximate surface area is 92.3 Å². The van der Waals surface area contributed by atoms with E-state index in [2.05, 4.69) is 29.8 Å². The first-order valence-corrected chi connectivity index (χ1v) is 5.97. The van der Waals surface area contributed by atoms with Gasteiger partial charge in [-0.25, -0.2) is 0 Å². The van der Waals surface area contributed by atoms with Gasteiger partial charge in [-0.05, 0) is 50.4 Å². The van der Waals surface area contributed by atoms with Crippen LogP contribution in [0.4, 0.5) is 0 Å². The van der Waals surface area contributed by atoms with Gasteiger partial charge in [-0.1, -0.05) is 13.0 Å². The summed E-state index contributed by atoms with van der Waals surface area (Å²) in [5.74, 6) is 0. The van der Waals surface area contributed by atoms with Crippen LogP contribution in [0, 0.1) is 6.92 Å². The summed E-state index contributed by atoms with van der Waals surface area (Å²) in [6, 6.07) is 2.91. The molecule has 1 aromatic heterocycles. The van der Waals surface area contributed by atoms with E-state index in [9.17, 15) is 0 Å². The van der Waals surface area contributed by atoms with Crippen molar-refractivity contribution in [2.75, 3.05) is 13.1 Å². The summed E-state index contributed by atoms with van der Waals surface area (Å²) in [6.45, 7) is 6.85. The lowest BCUT2D eigenvalue weighted by atomic mass is 10.1. The number of hydrogen-bond acceptors (Lipinski definition) is 2. The Morgan fingerprint density at radius 1 is 1.47 bits per heavy atom. The van der Waals surface area contributed by atoms with Gasteiger partial charge in [0.05, 0.1) is 0 Å². The van der Waals surface area contributed by atoms with E-state index in [-0.39, 0.29) is 0 Å². The molecule has 1 atom stereocenters. The molecule has 2 heteroatoms. The zero-order valence-electron chi connectivity index (χ0n) is 9.74. The van der Waals surface area contributed by atoms with Crippen LogP contribution in [-0.2, 0) is 0 Å². The van der Waals surface area contributed by atoms with Crippen LogP contribution < -0.4 is 0 Å². The lowest BCUT2D eigenvalue weighted by Crippen LogP contribution is -2.24. The molecule has 0 spiro atoms. The predicted octanol–water partition coefficient (Wildman–Crippen LogP) is 2.94. The van der Waals surface area contributed by atoms with Crippen molar-refractivity contribution < 1.29 is 0 Å². The fourth-order valence-corrected chi connectivity index (χ4v) is 2.52. The zero-order chi connectivity index (χ0) is 10.7. The molecular weight excluding hydrogens is 184 g/mol. The summed E-state index contributed by atoms with van der Waals surface area (Å²) < 4.78 is 0. The molecule has 2 heterocycles. The highest BCUT2D eigenvalue weighted by molar-refractivity contribution is 5.21. The Balaban J connectivity index is 2.15. The Kier molecular flexibility index (Phi) is 3.37. The molecule has 1 aliphatic rings. The van der Waals surface area contributed by atoms with E-state index in [0.717, 1.165) is 0 Å². The SMILES string of the molecule is CCCN1CCCC1c1cncc(C)c1. The van der Waals surface area contributed by atoms with E-state index in [1.807, 2.05) is 12.4 Å². The van der Waals surface area contributed by atoms with Crippen molar-refractivity contribution in [3.8, 4) is 0 Å². The summed E-state index contributed by atoms with van der Waals surface area (Å²) in [5, 5.41) is 0. The van der Waals surface area contributed by atoms with Crippen LogP contribution in [0.2, 0.25) is 0 Å². The first-order chi connectivity index (χ1) is 7.31. The summed E-state index contributed by atoms with van der Waals surface area (Å²) >= 11 is 0. The number of nitrogens with zero attached hydrogens (tertiary/aromatic N) is 2. The maximum atomic E-state index is 4.30. The number of aromatic nitrogens is 1. The van der Waals surface area contributed by atoms with Crippen molar-refractivity contribution in [1.29, 1.82) is 0 Å². The van der Waals surface area contributed by atoms with Crippen molar-refractivity contribution in [1.82, 2.24) is 9.88 Å². The summed E-state index contributed by atoms with van der Waals surface area (Å²) in [6.07, 6.45) is 7.84. The Morgan fingerprint density at radius 2 is 2.33 bits per heavy atom. The number of pyridine rings is 1. The van der Waals surface area contributed by atoms with Gasteiger partial charge in [0.1, 0.15) is 0 Å². The molecule has 1 fully saturated rings. The minimum absolute atomic E-state index is 0.623. The third kappa shape index (κ3) is 2.37. The van der Waals surface area contributed by atoms with Gasteiger partial charge in [-0.2, -0.15) is 0 Å². The highest BCUT2D eigenvalue weighted by Gasteiger charge is 2.25. The first-order valence-electron chi connectivity index (χ1n) is 5.97. The molecule has 0 aromatic carbocycles. The molecule has 1 saturated heterocycles. The van der Waals surface area contributed by atoms with Crippen LogP contribution in [-0.4, -0.2) is 23.0 Å². The largest absolute Gasteiger partial charge is 0.296 e. The Bertz CT molecular complexity index is 322. The molecule has 82 valence electrons. The van der Waals surface area contributed by atoms with Gasteiger partial charge in [0, 0.05) is 18.4 Å². The van der Waals surface area contributed by atoms with Gasteiger partial charge in [-0.3, -0.25) is 9.88 Å². The van der Waals surface area contributed by atoms with Crippen LogP contribution in [0.25, 0.3) is 0 Å². The molecule has 1 aliphatic heterocycles. The average Bonchev–Trinajstić information content (AvgIpc) is 2.66. The molecular formula is C13H20N2. The molecule has 0 bridgehead atoms. The summed E-state index contributed by atoms with van der Waals surface area (Å²) in [4.78, 5) is 6.89. The second kappa shape index (κ2) is 4.75. The number of rotatable bonds is 3. The van der Waals surface area contributed by atoms with Gasteiger partial charge in [0.25, 0.3) is 0 Å². The summed E-state index contributed by atoms with van der Waals surface area (Å²) in [7, 11) is 0. The normalized spacial score (nSPS) is 22.1. The highest BCUT2D eigenvalue weighted by atomic mass is 15.2. The zero-order valence-corrected chi connectivity index (χ0v) is 9.74. The Morgan fingerprint density at radius 3 is 3.07 bits per heavy atom. The Hall–Kier alpha value is -0.890.